The van der Waals surface area contributed by atoms with Gasteiger partial charge in [0.25, 0.3) is 0 Å². The van der Waals surface area contributed by atoms with Crippen molar-refractivity contribution in [2.24, 2.45) is 5.73 Å². The highest BCUT2D eigenvalue weighted by molar-refractivity contribution is 9.10. The van der Waals surface area contributed by atoms with E-state index >= 15 is 0 Å². The predicted molar refractivity (Wildman–Crippen MR) is 120 cm³/mol. The van der Waals surface area contributed by atoms with Crippen LogP contribution < -0.4 is 15.4 Å². The van der Waals surface area contributed by atoms with Crippen molar-refractivity contribution in [3.05, 3.63) is 87.4 Å². The quantitative estimate of drug-likeness (QED) is 0.517. The van der Waals surface area contributed by atoms with E-state index < -0.39 is 5.91 Å². The lowest BCUT2D eigenvalue weighted by atomic mass is 9.98. The molecule has 0 aromatic heterocycles. The number of carbonyl (C=O) groups is 2. The minimum absolute atomic E-state index is 0.00941. The number of rotatable bonds is 5. The second-order valence-corrected chi connectivity index (χ2v) is 8.30. The van der Waals surface area contributed by atoms with Gasteiger partial charge in [-0.15, -0.1) is 0 Å². The summed E-state index contributed by atoms with van der Waals surface area (Å²) in [5.41, 5.74) is 7.37. The largest absolute Gasteiger partial charge is 0.455 e. The van der Waals surface area contributed by atoms with E-state index in [1.54, 1.807) is 35.2 Å². The van der Waals surface area contributed by atoms with Crippen molar-refractivity contribution in [1.82, 2.24) is 0 Å². The van der Waals surface area contributed by atoms with E-state index in [4.69, 9.17) is 22.1 Å². The van der Waals surface area contributed by atoms with Crippen molar-refractivity contribution >= 4 is 45.0 Å². The van der Waals surface area contributed by atoms with Crippen molar-refractivity contribution < 1.29 is 14.3 Å². The van der Waals surface area contributed by atoms with E-state index in [-0.39, 0.29) is 11.8 Å². The molecule has 30 heavy (non-hydrogen) atoms. The van der Waals surface area contributed by atoms with E-state index in [2.05, 4.69) is 15.9 Å². The lowest BCUT2D eigenvalue weighted by molar-refractivity contribution is -0.117. The fraction of sp³-hybridized carbons (Fsp3) is 0.130. The second kappa shape index (κ2) is 8.50. The van der Waals surface area contributed by atoms with Gasteiger partial charge in [0.05, 0.1) is 9.50 Å². The lowest BCUT2D eigenvalue weighted by Crippen LogP contribution is -2.24. The lowest BCUT2D eigenvalue weighted by Gasteiger charge is -2.18. The molecule has 1 saturated heterocycles. The van der Waals surface area contributed by atoms with Gasteiger partial charge in [0.2, 0.25) is 11.8 Å². The third kappa shape index (κ3) is 4.20. The molecule has 0 saturated carbocycles. The number of ether oxygens (including phenoxy) is 1. The molecule has 152 valence electrons. The van der Waals surface area contributed by atoms with Crippen LogP contribution in [0, 0.1) is 0 Å². The molecule has 3 aromatic carbocycles. The summed E-state index contributed by atoms with van der Waals surface area (Å²) in [7, 11) is 0. The molecule has 0 aliphatic carbocycles. The van der Waals surface area contributed by atoms with Crippen molar-refractivity contribution in [2.45, 2.75) is 12.3 Å². The first-order valence-corrected chi connectivity index (χ1v) is 10.5. The van der Waals surface area contributed by atoms with Crippen LogP contribution in [0.25, 0.3) is 0 Å². The molecule has 4 rings (SSSR count). The maximum absolute atomic E-state index is 12.7. The zero-order chi connectivity index (χ0) is 21.3. The first-order chi connectivity index (χ1) is 14.4. The first-order valence-electron chi connectivity index (χ1n) is 9.34. The van der Waals surface area contributed by atoms with Crippen LogP contribution in [-0.4, -0.2) is 18.4 Å². The van der Waals surface area contributed by atoms with Gasteiger partial charge in [-0.1, -0.05) is 35.9 Å². The van der Waals surface area contributed by atoms with Crippen LogP contribution in [0.1, 0.15) is 28.3 Å². The van der Waals surface area contributed by atoms with Gasteiger partial charge in [-0.2, -0.15) is 0 Å². The van der Waals surface area contributed by atoms with Crippen LogP contribution in [0.4, 0.5) is 5.69 Å². The molecule has 7 heteroatoms. The van der Waals surface area contributed by atoms with Gasteiger partial charge in [0.1, 0.15) is 11.5 Å². The van der Waals surface area contributed by atoms with Crippen LogP contribution in [0.2, 0.25) is 5.02 Å². The molecule has 2 amide bonds. The average molecular weight is 486 g/mol. The van der Waals surface area contributed by atoms with Crippen LogP contribution >= 0.6 is 27.5 Å². The third-order valence-corrected chi connectivity index (χ3v) is 6.02. The number of carbonyl (C=O) groups excluding carboxylic acids is 2. The monoisotopic (exact) mass is 484 g/mol. The number of hydrogen-bond donors (Lipinski definition) is 1. The molecule has 1 atom stereocenters. The van der Waals surface area contributed by atoms with Gasteiger partial charge < -0.3 is 15.4 Å². The minimum atomic E-state index is -0.522. The Morgan fingerprint density at radius 2 is 1.87 bits per heavy atom. The first kappa shape index (κ1) is 20.4. The molecule has 0 spiro atoms. The van der Waals surface area contributed by atoms with Crippen LogP contribution in [0.15, 0.2) is 71.2 Å². The number of amides is 2. The normalized spacial score (nSPS) is 16.0. The number of halogens is 2. The zero-order valence-corrected chi connectivity index (χ0v) is 18.2. The Balaban J connectivity index is 1.58. The van der Waals surface area contributed by atoms with E-state index in [1.807, 2.05) is 36.4 Å². The summed E-state index contributed by atoms with van der Waals surface area (Å²) in [4.78, 5) is 25.8. The number of benzene rings is 3. The van der Waals surface area contributed by atoms with Gasteiger partial charge in [0, 0.05) is 30.1 Å². The Hall–Kier alpha value is -2.83. The van der Waals surface area contributed by atoms with Crippen molar-refractivity contribution in [2.75, 3.05) is 11.4 Å². The topological polar surface area (TPSA) is 72.6 Å². The van der Waals surface area contributed by atoms with Crippen LogP contribution in [-0.2, 0) is 4.79 Å². The van der Waals surface area contributed by atoms with Crippen LogP contribution in [0.3, 0.4) is 0 Å². The molecule has 0 bridgehead atoms. The second-order valence-electron chi connectivity index (χ2n) is 7.04. The SMILES string of the molecule is NC(=O)c1cccc(N2C[C@@H](c3ccc(Cl)c(Oc4ccccc4Br)c3)CC2=O)c1. The maximum atomic E-state index is 12.7. The summed E-state index contributed by atoms with van der Waals surface area (Å²) < 4.78 is 6.81. The average Bonchev–Trinajstić information content (AvgIpc) is 3.13. The predicted octanol–water partition coefficient (Wildman–Crippen LogP) is 5.51. The zero-order valence-electron chi connectivity index (χ0n) is 15.8. The molecule has 1 aliphatic heterocycles. The van der Waals surface area contributed by atoms with Gasteiger partial charge in [-0.3, -0.25) is 9.59 Å². The number of nitrogens with two attached hydrogens (primary N) is 1. The maximum Gasteiger partial charge on any atom is 0.248 e. The van der Waals surface area contributed by atoms with E-state index in [0.29, 0.717) is 40.7 Å². The third-order valence-electron chi connectivity index (χ3n) is 5.05. The van der Waals surface area contributed by atoms with Crippen molar-refractivity contribution in [3.63, 3.8) is 0 Å². The van der Waals surface area contributed by atoms with E-state index in [0.717, 1.165) is 10.0 Å². The Morgan fingerprint density at radius 1 is 1.07 bits per heavy atom. The Bertz CT molecular complexity index is 1130. The number of nitrogens with zero attached hydrogens (tertiary/aromatic N) is 1. The fourth-order valence-electron chi connectivity index (χ4n) is 3.51. The number of para-hydroxylation sites is 1. The van der Waals surface area contributed by atoms with E-state index in [1.165, 1.54) is 0 Å². The van der Waals surface area contributed by atoms with Crippen molar-refractivity contribution in [3.8, 4) is 11.5 Å². The minimum Gasteiger partial charge on any atom is -0.455 e. The number of primary amides is 1. The molecule has 3 aromatic rings. The summed E-state index contributed by atoms with van der Waals surface area (Å²) in [6.07, 6.45) is 0.358. The summed E-state index contributed by atoms with van der Waals surface area (Å²) in [6.45, 7) is 0.497. The summed E-state index contributed by atoms with van der Waals surface area (Å²) >= 11 is 9.81. The molecule has 0 unspecified atom stereocenters. The Kier molecular flexibility index (Phi) is 5.79. The molecule has 1 aliphatic rings. The van der Waals surface area contributed by atoms with Gasteiger partial charge in [-0.05, 0) is 64.0 Å². The molecule has 0 radical (unpaired) electrons. The number of hydrogen-bond acceptors (Lipinski definition) is 3. The molecule has 1 fully saturated rings. The molecular formula is C23H18BrClN2O3. The van der Waals surface area contributed by atoms with Crippen molar-refractivity contribution in [1.29, 1.82) is 0 Å². The smallest absolute Gasteiger partial charge is 0.248 e. The number of anilines is 1. The highest BCUT2D eigenvalue weighted by Crippen LogP contribution is 2.38. The van der Waals surface area contributed by atoms with E-state index in [9.17, 15) is 9.59 Å². The van der Waals surface area contributed by atoms with Gasteiger partial charge in [-0.25, -0.2) is 0 Å². The van der Waals surface area contributed by atoms with Gasteiger partial charge >= 0.3 is 0 Å². The molecule has 5 nitrogen and oxygen atoms in total. The Labute approximate surface area is 187 Å². The molecular weight excluding hydrogens is 468 g/mol. The Morgan fingerprint density at radius 3 is 2.63 bits per heavy atom. The fourth-order valence-corrected chi connectivity index (χ4v) is 4.03. The highest BCUT2D eigenvalue weighted by Gasteiger charge is 2.32. The summed E-state index contributed by atoms with van der Waals surface area (Å²) in [6, 6.07) is 19.9. The highest BCUT2D eigenvalue weighted by atomic mass is 79.9. The standard InChI is InChI=1S/C23H18BrClN2O3/c24-18-6-1-2-7-20(18)30-21-11-14(8-9-19(21)25)16-12-22(28)27(13-16)17-5-3-4-15(10-17)23(26)29/h1-11,16H,12-13H2,(H2,26,29)/t16-/m0/s1. The summed E-state index contributed by atoms with van der Waals surface area (Å²) in [5, 5.41) is 0.491. The molecule has 1 heterocycles. The molecule has 2 N–H and O–H groups in total. The van der Waals surface area contributed by atoms with Crippen LogP contribution in [0.5, 0.6) is 11.5 Å². The van der Waals surface area contributed by atoms with Gasteiger partial charge in [0.15, 0.2) is 0 Å². The summed E-state index contributed by atoms with van der Waals surface area (Å²) in [5.74, 6) is 0.636.